The fourth-order valence-corrected chi connectivity index (χ4v) is 4.61. The molecular weight excluding hydrogens is 420 g/mol. The lowest BCUT2D eigenvalue weighted by atomic mass is 9.78. The molecule has 3 aromatic rings. The molecule has 2 N–H and O–H groups in total. The van der Waals surface area contributed by atoms with E-state index in [1.807, 2.05) is 35.2 Å². The van der Waals surface area contributed by atoms with Gasteiger partial charge in [-0.1, -0.05) is 36.4 Å². The largest absolute Gasteiger partial charge is 0.487 e. The smallest absolute Gasteiger partial charge is 0.258 e. The minimum Gasteiger partial charge on any atom is -0.487 e. The highest BCUT2D eigenvalue weighted by atomic mass is 16.5. The van der Waals surface area contributed by atoms with Gasteiger partial charge in [-0.05, 0) is 30.5 Å². The molecule has 0 bridgehead atoms. The summed E-state index contributed by atoms with van der Waals surface area (Å²) in [4.78, 5) is 45.9. The number of aryl methyl sites for hydroxylation is 1. The van der Waals surface area contributed by atoms with E-state index in [2.05, 4.69) is 15.3 Å². The summed E-state index contributed by atoms with van der Waals surface area (Å²) in [6, 6.07) is 15.1. The first-order valence-corrected chi connectivity index (χ1v) is 11.3. The second kappa shape index (κ2) is 8.69. The zero-order chi connectivity index (χ0) is 22.8. The number of carbonyl (C=O) groups is 2. The lowest BCUT2D eigenvalue weighted by Gasteiger charge is -2.47. The van der Waals surface area contributed by atoms with Crippen LogP contribution in [-0.4, -0.2) is 45.3 Å². The van der Waals surface area contributed by atoms with Crippen LogP contribution in [0.4, 0.5) is 0 Å². The summed E-state index contributed by atoms with van der Waals surface area (Å²) in [5.74, 6) is 1.13. The third-order valence-electron chi connectivity index (χ3n) is 6.54. The second-order valence-electron chi connectivity index (χ2n) is 8.83. The molecule has 1 aromatic heterocycles. The third-order valence-corrected chi connectivity index (χ3v) is 6.54. The van der Waals surface area contributed by atoms with Crippen LogP contribution in [-0.2, 0) is 22.6 Å². The number of H-pyrrole nitrogens is 1. The molecule has 0 atom stereocenters. The van der Waals surface area contributed by atoms with E-state index in [4.69, 9.17) is 4.74 Å². The minimum atomic E-state index is -0.242. The number of para-hydroxylation sites is 1. The standard InChI is InChI=1S/C25H26N4O4/c30-21-15-25(28-21)11-13-29(14-12-25)22(31)10-9-20-26-23-18(24(32)27-20)7-4-8-19(23)33-16-17-5-2-1-3-6-17/h1-8H,9-16H2,(H,28,30)(H,26,27,32). The van der Waals surface area contributed by atoms with Gasteiger partial charge in [0.15, 0.2) is 0 Å². The summed E-state index contributed by atoms with van der Waals surface area (Å²) < 4.78 is 5.96. The molecule has 2 aromatic carbocycles. The molecule has 2 aliphatic rings. The van der Waals surface area contributed by atoms with Crippen molar-refractivity contribution < 1.29 is 14.3 Å². The second-order valence-corrected chi connectivity index (χ2v) is 8.83. The molecule has 8 nitrogen and oxygen atoms in total. The van der Waals surface area contributed by atoms with Gasteiger partial charge in [-0.15, -0.1) is 0 Å². The Hall–Kier alpha value is -3.68. The summed E-state index contributed by atoms with van der Waals surface area (Å²) in [6.07, 6.45) is 2.75. The van der Waals surface area contributed by atoms with E-state index < -0.39 is 0 Å². The highest BCUT2D eigenvalue weighted by Crippen LogP contribution is 2.32. The van der Waals surface area contributed by atoms with Crippen molar-refractivity contribution in [2.45, 2.75) is 44.2 Å². The van der Waals surface area contributed by atoms with Gasteiger partial charge < -0.3 is 19.9 Å². The third kappa shape index (κ3) is 4.46. The first-order valence-electron chi connectivity index (χ1n) is 11.3. The van der Waals surface area contributed by atoms with Crippen LogP contribution in [0, 0.1) is 0 Å². The fourth-order valence-electron chi connectivity index (χ4n) is 4.61. The van der Waals surface area contributed by atoms with Gasteiger partial charge in [-0.2, -0.15) is 0 Å². The number of benzene rings is 2. The maximum Gasteiger partial charge on any atom is 0.258 e. The molecule has 5 rings (SSSR count). The maximum absolute atomic E-state index is 12.7. The number of aromatic amines is 1. The molecule has 8 heteroatoms. The zero-order valence-corrected chi connectivity index (χ0v) is 18.3. The quantitative estimate of drug-likeness (QED) is 0.566. The molecule has 1 spiro atoms. The number of hydrogen-bond acceptors (Lipinski definition) is 5. The van der Waals surface area contributed by atoms with Crippen LogP contribution in [0.2, 0.25) is 0 Å². The number of β-lactam (4-membered cyclic amide) rings is 1. The van der Waals surface area contributed by atoms with Gasteiger partial charge in [0.1, 0.15) is 23.7 Å². The maximum atomic E-state index is 12.7. The Kier molecular flexibility index (Phi) is 5.58. The molecule has 0 radical (unpaired) electrons. The topological polar surface area (TPSA) is 104 Å². The highest BCUT2D eigenvalue weighted by molar-refractivity contribution is 5.85. The van der Waals surface area contributed by atoms with Gasteiger partial charge in [0.2, 0.25) is 11.8 Å². The molecule has 2 amide bonds. The van der Waals surface area contributed by atoms with Gasteiger partial charge in [0, 0.05) is 32.4 Å². The summed E-state index contributed by atoms with van der Waals surface area (Å²) in [6.45, 7) is 1.65. The van der Waals surface area contributed by atoms with Crippen molar-refractivity contribution in [1.82, 2.24) is 20.2 Å². The number of likely N-dealkylation sites (tertiary alicyclic amines) is 1. The molecule has 3 heterocycles. The number of nitrogens with one attached hydrogen (secondary N) is 2. The van der Waals surface area contributed by atoms with E-state index in [0.29, 0.717) is 55.0 Å². The monoisotopic (exact) mass is 446 g/mol. The van der Waals surface area contributed by atoms with Crippen molar-refractivity contribution in [3.8, 4) is 5.75 Å². The van der Waals surface area contributed by atoms with E-state index in [9.17, 15) is 14.4 Å². The Morgan fingerprint density at radius 1 is 1.06 bits per heavy atom. The number of aromatic nitrogens is 2. The van der Waals surface area contributed by atoms with E-state index in [1.165, 1.54) is 0 Å². The van der Waals surface area contributed by atoms with Crippen LogP contribution in [0.1, 0.15) is 37.1 Å². The predicted octanol–water partition coefficient (Wildman–Crippen LogP) is 2.32. The Morgan fingerprint density at radius 3 is 2.55 bits per heavy atom. The normalized spacial score (nSPS) is 17.0. The molecular formula is C25H26N4O4. The highest BCUT2D eigenvalue weighted by Gasteiger charge is 2.45. The Morgan fingerprint density at radius 2 is 1.82 bits per heavy atom. The van der Waals surface area contributed by atoms with Gasteiger partial charge in [-0.3, -0.25) is 14.4 Å². The predicted molar refractivity (Wildman–Crippen MR) is 123 cm³/mol. The van der Waals surface area contributed by atoms with Crippen molar-refractivity contribution in [2.75, 3.05) is 13.1 Å². The fraction of sp³-hybridized carbons (Fsp3) is 0.360. The molecule has 170 valence electrons. The number of ether oxygens (including phenoxy) is 1. The molecule has 0 saturated carbocycles. The van der Waals surface area contributed by atoms with Crippen LogP contribution in [0.3, 0.4) is 0 Å². The number of amides is 2. The Balaban J connectivity index is 1.25. The summed E-state index contributed by atoms with van der Waals surface area (Å²) in [5, 5.41) is 3.44. The summed E-state index contributed by atoms with van der Waals surface area (Å²) >= 11 is 0. The summed E-state index contributed by atoms with van der Waals surface area (Å²) in [7, 11) is 0. The number of fused-ring (bicyclic) bond motifs is 1. The van der Waals surface area contributed by atoms with Crippen molar-refractivity contribution in [1.29, 1.82) is 0 Å². The SMILES string of the molecule is O=C1CC2(CCN(C(=O)CCc3nc4c(OCc5ccccc5)cccc4c(=O)[nH]3)CC2)N1. The lowest BCUT2D eigenvalue weighted by molar-refractivity contribution is -0.138. The van der Waals surface area contributed by atoms with Gasteiger partial charge in [0.05, 0.1) is 10.9 Å². The number of carbonyl (C=O) groups excluding carboxylic acids is 2. The number of piperidine rings is 1. The van der Waals surface area contributed by atoms with Crippen LogP contribution >= 0.6 is 0 Å². The first-order chi connectivity index (χ1) is 16.0. The van der Waals surface area contributed by atoms with Crippen LogP contribution < -0.4 is 15.6 Å². The number of hydrogen-bond donors (Lipinski definition) is 2. The van der Waals surface area contributed by atoms with E-state index in [-0.39, 0.29) is 29.3 Å². The Bertz CT molecular complexity index is 1240. The van der Waals surface area contributed by atoms with Crippen molar-refractivity contribution >= 4 is 22.7 Å². The zero-order valence-electron chi connectivity index (χ0n) is 18.3. The van der Waals surface area contributed by atoms with Crippen molar-refractivity contribution in [3.05, 3.63) is 70.3 Å². The molecule has 2 saturated heterocycles. The van der Waals surface area contributed by atoms with E-state index >= 15 is 0 Å². The first kappa shape index (κ1) is 21.2. The van der Waals surface area contributed by atoms with Crippen molar-refractivity contribution in [3.63, 3.8) is 0 Å². The average molecular weight is 447 g/mol. The molecule has 0 aliphatic carbocycles. The molecule has 33 heavy (non-hydrogen) atoms. The Labute approximate surface area is 191 Å². The van der Waals surface area contributed by atoms with E-state index in [1.54, 1.807) is 18.2 Å². The number of nitrogens with zero attached hydrogens (tertiary/aromatic N) is 2. The van der Waals surface area contributed by atoms with Gasteiger partial charge >= 0.3 is 0 Å². The van der Waals surface area contributed by atoms with Gasteiger partial charge in [0.25, 0.3) is 5.56 Å². The van der Waals surface area contributed by atoms with E-state index in [0.717, 1.165) is 18.4 Å². The number of rotatable bonds is 6. The average Bonchev–Trinajstić information content (AvgIpc) is 2.81. The minimum absolute atomic E-state index is 0.0341. The van der Waals surface area contributed by atoms with Crippen LogP contribution in [0.25, 0.3) is 10.9 Å². The molecule has 0 unspecified atom stereocenters. The van der Waals surface area contributed by atoms with Gasteiger partial charge in [-0.25, -0.2) is 4.98 Å². The van der Waals surface area contributed by atoms with Crippen LogP contribution in [0.5, 0.6) is 5.75 Å². The molecule has 2 fully saturated rings. The summed E-state index contributed by atoms with van der Waals surface area (Å²) in [5.41, 5.74) is 1.18. The molecule has 2 aliphatic heterocycles. The lowest BCUT2D eigenvalue weighted by Crippen LogP contribution is -2.65. The van der Waals surface area contributed by atoms with Crippen LogP contribution in [0.15, 0.2) is 53.3 Å². The van der Waals surface area contributed by atoms with Crippen molar-refractivity contribution in [2.24, 2.45) is 0 Å².